The molecule has 64 valence electrons. The van der Waals surface area contributed by atoms with E-state index in [0.717, 1.165) is 0 Å². The number of hydrogen-bond donors (Lipinski definition) is 2. The third kappa shape index (κ3) is 1.09. The van der Waals surface area contributed by atoms with Crippen LogP contribution in [-0.4, -0.2) is 18.1 Å². The molecule has 0 saturated heterocycles. The highest BCUT2D eigenvalue weighted by Gasteiger charge is 2.47. The van der Waals surface area contributed by atoms with Crippen molar-refractivity contribution in [3.63, 3.8) is 0 Å². The molecule has 0 spiro atoms. The summed E-state index contributed by atoms with van der Waals surface area (Å²) in [6.45, 7) is 0. The Morgan fingerprint density at radius 2 is 2.00 bits per heavy atom. The molecule has 2 unspecified atom stereocenters. The Bertz CT molecular complexity index is 169. The highest BCUT2D eigenvalue weighted by molar-refractivity contribution is 5.08. The maximum Gasteiger partial charge on any atom is 0.0196 e. The zero-order valence-corrected chi connectivity index (χ0v) is 7.32. The Labute approximate surface area is 68.5 Å². The molecule has 0 amide bonds. The van der Waals surface area contributed by atoms with Crippen LogP contribution in [0, 0.1) is 0 Å². The van der Waals surface area contributed by atoms with E-state index in [4.69, 9.17) is 5.73 Å². The van der Waals surface area contributed by atoms with Gasteiger partial charge < -0.3 is 11.1 Å². The lowest BCUT2D eigenvalue weighted by molar-refractivity contribution is 0.239. The first kappa shape index (κ1) is 7.56. The molecule has 2 fully saturated rings. The van der Waals surface area contributed by atoms with Crippen LogP contribution in [0.2, 0.25) is 0 Å². The van der Waals surface area contributed by atoms with Crippen molar-refractivity contribution >= 4 is 0 Å². The van der Waals surface area contributed by atoms with Crippen molar-refractivity contribution in [1.29, 1.82) is 0 Å². The maximum absolute atomic E-state index is 6.22. The zero-order valence-electron chi connectivity index (χ0n) is 7.32. The number of nitrogens with two attached hydrogens (primary N) is 1. The van der Waals surface area contributed by atoms with Crippen molar-refractivity contribution in [1.82, 2.24) is 5.32 Å². The fourth-order valence-corrected chi connectivity index (χ4v) is 2.88. The van der Waals surface area contributed by atoms with Crippen molar-refractivity contribution in [2.45, 2.75) is 49.6 Å². The van der Waals surface area contributed by atoms with Crippen LogP contribution in [-0.2, 0) is 0 Å². The number of hydrogen-bond acceptors (Lipinski definition) is 2. The molecule has 0 radical (unpaired) electrons. The third-order valence-corrected chi connectivity index (χ3v) is 3.65. The van der Waals surface area contributed by atoms with E-state index in [0.29, 0.717) is 5.54 Å². The van der Waals surface area contributed by atoms with E-state index in [1.165, 1.54) is 38.5 Å². The Balaban J connectivity index is 2.17. The topological polar surface area (TPSA) is 38.0 Å². The summed E-state index contributed by atoms with van der Waals surface area (Å²) in [6, 6.07) is 0. The molecule has 0 aromatic rings. The molecule has 2 aliphatic carbocycles. The Kier molecular flexibility index (Phi) is 1.52. The van der Waals surface area contributed by atoms with Gasteiger partial charge in [-0.15, -0.1) is 0 Å². The highest BCUT2D eigenvalue weighted by Crippen LogP contribution is 2.46. The molecule has 2 nitrogen and oxygen atoms in total. The Morgan fingerprint density at radius 3 is 2.64 bits per heavy atom. The minimum Gasteiger partial charge on any atom is -0.325 e. The fraction of sp³-hybridized carbons (Fsp3) is 1.00. The zero-order chi connectivity index (χ0) is 7.95. The van der Waals surface area contributed by atoms with Crippen molar-refractivity contribution in [3.8, 4) is 0 Å². The van der Waals surface area contributed by atoms with Crippen molar-refractivity contribution in [2.24, 2.45) is 5.73 Å². The molecule has 0 aromatic carbocycles. The first-order valence-electron chi connectivity index (χ1n) is 4.66. The van der Waals surface area contributed by atoms with E-state index in [1.807, 2.05) is 0 Å². The summed E-state index contributed by atoms with van der Waals surface area (Å²) >= 11 is 0. The van der Waals surface area contributed by atoms with Gasteiger partial charge in [-0.25, -0.2) is 0 Å². The monoisotopic (exact) mass is 154 g/mol. The lowest BCUT2D eigenvalue weighted by atomic mass is 9.79. The van der Waals surface area contributed by atoms with Crippen LogP contribution in [0.25, 0.3) is 0 Å². The molecule has 2 aliphatic rings. The predicted octanol–water partition coefficient (Wildman–Crippen LogP) is 1.01. The summed E-state index contributed by atoms with van der Waals surface area (Å²) in [7, 11) is 2.08. The van der Waals surface area contributed by atoms with Gasteiger partial charge in [0.05, 0.1) is 0 Å². The van der Waals surface area contributed by atoms with Gasteiger partial charge >= 0.3 is 0 Å². The van der Waals surface area contributed by atoms with E-state index in [-0.39, 0.29) is 5.54 Å². The van der Waals surface area contributed by atoms with Crippen LogP contribution < -0.4 is 11.1 Å². The fourth-order valence-electron chi connectivity index (χ4n) is 2.88. The summed E-state index contributed by atoms with van der Waals surface area (Å²) in [5, 5.41) is 3.45. The molecular formula is C9H18N2. The maximum atomic E-state index is 6.22. The third-order valence-electron chi connectivity index (χ3n) is 3.65. The minimum absolute atomic E-state index is 0.196. The molecule has 0 aromatic heterocycles. The van der Waals surface area contributed by atoms with Crippen molar-refractivity contribution in [2.75, 3.05) is 7.05 Å². The average molecular weight is 154 g/mol. The van der Waals surface area contributed by atoms with Gasteiger partial charge in [-0.2, -0.15) is 0 Å². The molecule has 2 heteroatoms. The van der Waals surface area contributed by atoms with Crippen LogP contribution in [0.15, 0.2) is 0 Å². The summed E-state index contributed by atoms with van der Waals surface area (Å²) in [5.74, 6) is 0. The lowest BCUT2D eigenvalue weighted by Crippen LogP contribution is -2.49. The summed E-state index contributed by atoms with van der Waals surface area (Å²) in [4.78, 5) is 0. The Morgan fingerprint density at radius 1 is 1.18 bits per heavy atom. The van der Waals surface area contributed by atoms with Crippen LogP contribution in [0.3, 0.4) is 0 Å². The number of nitrogens with one attached hydrogen (secondary N) is 1. The number of rotatable bonds is 1. The molecular weight excluding hydrogens is 136 g/mol. The van der Waals surface area contributed by atoms with E-state index >= 15 is 0 Å². The first-order valence-corrected chi connectivity index (χ1v) is 4.66. The van der Waals surface area contributed by atoms with Gasteiger partial charge in [0.1, 0.15) is 0 Å². The smallest absolute Gasteiger partial charge is 0.0196 e. The second kappa shape index (κ2) is 2.20. The van der Waals surface area contributed by atoms with Gasteiger partial charge in [0.2, 0.25) is 0 Å². The second-order valence-electron chi connectivity index (χ2n) is 4.42. The predicted molar refractivity (Wildman–Crippen MR) is 46.4 cm³/mol. The van der Waals surface area contributed by atoms with Gasteiger partial charge in [0, 0.05) is 11.1 Å². The Hall–Kier alpha value is -0.0800. The molecule has 11 heavy (non-hydrogen) atoms. The van der Waals surface area contributed by atoms with Gasteiger partial charge in [-0.1, -0.05) is 0 Å². The van der Waals surface area contributed by atoms with E-state index in [9.17, 15) is 0 Å². The summed E-state index contributed by atoms with van der Waals surface area (Å²) in [6.07, 6.45) is 7.63. The van der Waals surface area contributed by atoms with Gasteiger partial charge in [0.15, 0.2) is 0 Å². The van der Waals surface area contributed by atoms with Crippen molar-refractivity contribution < 1.29 is 0 Å². The van der Waals surface area contributed by atoms with E-state index < -0.39 is 0 Å². The first-order chi connectivity index (χ1) is 5.18. The van der Waals surface area contributed by atoms with E-state index in [1.54, 1.807) is 0 Å². The average Bonchev–Trinajstić information content (AvgIpc) is 2.24. The number of fused-ring (bicyclic) bond motifs is 2. The summed E-state index contributed by atoms with van der Waals surface area (Å²) in [5.41, 5.74) is 6.84. The largest absolute Gasteiger partial charge is 0.325 e. The molecule has 0 heterocycles. The SMILES string of the molecule is CNC12CCCC(N)(CC1)C2. The van der Waals surface area contributed by atoms with Crippen LogP contribution in [0.5, 0.6) is 0 Å². The standard InChI is InChI=1S/C9H18N2/c1-11-9-4-2-3-8(10,7-9)5-6-9/h11H,2-7,10H2,1H3. The van der Waals surface area contributed by atoms with Crippen LogP contribution >= 0.6 is 0 Å². The molecule has 2 saturated carbocycles. The van der Waals surface area contributed by atoms with Gasteiger partial charge in [-0.3, -0.25) is 0 Å². The molecule has 2 bridgehead atoms. The quantitative estimate of drug-likeness (QED) is 0.591. The van der Waals surface area contributed by atoms with Gasteiger partial charge in [0.25, 0.3) is 0 Å². The normalized spacial score (nSPS) is 49.6. The summed E-state index contributed by atoms with van der Waals surface area (Å²) < 4.78 is 0. The van der Waals surface area contributed by atoms with Crippen LogP contribution in [0.4, 0.5) is 0 Å². The molecule has 0 aliphatic heterocycles. The molecule has 2 rings (SSSR count). The second-order valence-corrected chi connectivity index (χ2v) is 4.42. The lowest BCUT2D eigenvalue weighted by Gasteiger charge is -2.37. The van der Waals surface area contributed by atoms with E-state index in [2.05, 4.69) is 12.4 Å². The molecule has 3 N–H and O–H groups in total. The van der Waals surface area contributed by atoms with Crippen LogP contribution in [0.1, 0.15) is 38.5 Å². The molecule has 2 atom stereocenters. The minimum atomic E-state index is 0.196. The van der Waals surface area contributed by atoms with Crippen molar-refractivity contribution in [3.05, 3.63) is 0 Å². The van der Waals surface area contributed by atoms with Gasteiger partial charge in [-0.05, 0) is 45.6 Å². The highest BCUT2D eigenvalue weighted by atomic mass is 15.0.